The lowest BCUT2D eigenvalue weighted by atomic mass is 10.1. The van der Waals surface area contributed by atoms with Crippen LogP contribution < -0.4 is 15.8 Å². The summed E-state index contributed by atoms with van der Waals surface area (Å²) in [5, 5.41) is 5.02. The standard InChI is InChI=1S/C23H21N5O2/c24-21(29)16-9-4-8-15-17(16)13-25-19(15)22-27-18-10-5-11-30-20(18)23(28-22)26-12-14-6-2-1-3-7-14/h1-4,6-9,13,25H,5,10-12H2,(H2,24,29)(H,26,27,28). The zero-order chi connectivity index (χ0) is 20.5. The quantitative estimate of drug-likeness (QED) is 0.475. The number of nitrogens with two attached hydrogens (primary N) is 1. The number of aromatic nitrogens is 3. The molecule has 2 aromatic heterocycles. The Morgan fingerprint density at radius 1 is 1.10 bits per heavy atom. The summed E-state index contributed by atoms with van der Waals surface area (Å²) in [5.74, 6) is 1.49. The maximum absolute atomic E-state index is 11.8. The highest BCUT2D eigenvalue weighted by Crippen LogP contribution is 2.35. The summed E-state index contributed by atoms with van der Waals surface area (Å²) in [6.07, 6.45) is 3.52. The van der Waals surface area contributed by atoms with Gasteiger partial charge in [0.1, 0.15) is 0 Å². The topological polar surface area (TPSA) is 106 Å². The van der Waals surface area contributed by atoms with Gasteiger partial charge in [-0.2, -0.15) is 0 Å². The second-order valence-corrected chi connectivity index (χ2v) is 7.26. The number of nitrogens with one attached hydrogen (secondary N) is 2. The Kier molecular flexibility index (Phi) is 4.55. The number of primary amides is 1. The third-order valence-corrected chi connectivity index (χ3v) is 5.27. The van der Waals surface area contributed by atoms with Crippen molar-refractivity contribution in [2.24, 2.45) is 5.73 Å². The van der Waals surface area contributed by atoms with Gasteiger partial charge in [-0.3, -0.25) is 4.79 Å². The molecule has 0 aliphatic carbocycles. The van der Waals surface area contributed by atoms with Gasteiger partial charge in [-0.15, -0.1) is 0 Å². The van der Waals surface area contributed by atoms with Crippen molar-refractivity contribution in [2.45, 2.75) is 19.4 Å². The largest absolute Gasteiger partial charge is 0.488 e. The number of anilines is 1. The van der Waals surface area contributed by atoms with Crippen LogP contribution in [0, 0.1) is 0 Å². The predicted octanol–water partition coefficient (Wildman–Crippen LogP) is 3.66. The Bertz CT molecular complexity index is 1230. The predicted molar refractivity (Wildman–Crippen MR) is 115 cm³/mol. The number of H-pyrrole nitrogens is 1. The van der Waals surface area contributed by atoms with Crippen LogP contribution in [0.25, 0.3) is 22.3 Å². The van der Waals surface area contributed by atoms with E-state index in [1.807, 2.05) is 30.3 Å². The maximum atomic E-state index is 11.8. The van der Waals surface area contributed by atoms with Crippen molar-refractivity contribution in [1.29, 1.82) is 0 Å². The van der Waals surface area contributed by atoms with Crippen LogP contribution in [0.1, 0.15) is 28.0 Å². The normalized spacial score (nSPS) is 12.9. The second-order valence-electron chi connectivity index (χ2n) is 7.26. The summed E-state index contributed by atoms with van der Waals surface area (Å²) in [6.45, 7) is 1.29. The Balaban J connectivity index is 1.58. The van der Waals surface area contributed by atoms with Gasteiger partial charge in [0.2, 0.25) is 5.91 Å². The molecule has 1 aliphatic rings. The van der Waals surface area contributed by atoms with E-state index in [0.29, 0.717) is 30.4 Å². The number of aromatic amines is 1. The first-order valence-electron chi connectivity index (χ1n) is 9.92. The fourth-order valence-electron chi connectivity index (χ4n) is 3.81. The summed E-state index contributed by atoms with van der Waals surface area (Å²) in [6, 6.07) is 15.6. The molecular formula is C23H21N5O2. The number of carbonyl (C=O) groups excluding carboxylic acids is 1. The van der Waals surface area contributed by atoms with Gasteiger partial charge in [0.05, 0.1) is 18.0 Å². The Labute approximate surface area is 173 Å². The summed E-state index contributed by atoms with van der Waals surface area (Å²) >= 11 is 0. The van der Waals surface area contributed by atoms with Crippen LogP contribution in [-0.4, -0.2) is 27.5 Å². The van der Waals surface area contributed by atoms with E-state index >= 15 is 0 Å². The van der Waals surface area contributed by atoms with Crippen molar-refractivity contribution in [3.8, 4) is 17.3 Å². The molecule has 0 unspecified atom stereocenters. The first-order chi connectivity index (χ1) is 14.7. The summed E-state index contributed by atoms with van der Waals surface area (Å²) in [5.41, 5.74) is 8.79. The van der Waals surface area contributed by atoms with Crippen LogP contribution in [0.3, 0.4) is 0 Å². The highest BCUT2D eigenvalue weighted by atomic mass is 16.5. The molecule has 5 rings (SSSR count). The first-order valence-corrected chi connectivity index (χ1v) is 9.92. The van der Waals surface area contributed by atoms with Crippen molar-refractivity contribution >= 4 is 22.5 Å². The zero-order valence-corrected chi connectivity index (χ0v) is 16.3. The number of nitrogens with zero attached hydrogens (tertiary/aromatic N) is 2. The lowest BCUT2D eigenvalue weighted by Gasteiger charge is -2.20. The third-order valence-electron chi connectivity index (χ3n) is 5.27. The fourth-order valence-corrected chi connectivity index (χ4v) is 3.81. The molecule has 1 aliphatic heterocycles. The smallest absolute Gasteiger partial charge is 0.249 e. The Morgan fingerprint density at radius 2 is 1.97 bits per heavy atom. The van der Waals surface area contributed by atoms with Gasteiger partial charge >= 0.3 is 0 Å². The number of benzene rings is 2. The van der Waals surface area contributed by atoms with E-state index in [9.17, 15) is 4.79 Å². The monoisotopic (exact) mass is 399 g/mol. The van der Waals surface area contributed by atoms with Crippen molar-refractivity contribution in [3.63, 3.8) is 0 Å². The van der Waals surface area contributed by atoms with Gasteiger partial charge in [0, 0.05) is 29.1 Å². The minimum absolute atomic E-state index is 0.462. The molecule has 0 saturated carbocycles. The number of fused-ring (bicyclic) bond motifs is 2. The van der Waals surface area contributed by atoms with E-state index in [4.69, 9.17) is 20.4 Å². The molecule has 3 heterocycles. The molecule has 1 amide bonds. The first kappa shape index (κ1) is 18.2. The van der Waals surface area contributed by atoms with E-state index in [2.05, 4.69) is 22.4 Å². The van der Waals surface area contributed by atoms with Crippen LogP contribution >= 0.6 is 0 Å². The molecule has 0 atom stereocenters. The minimum atomic E-state index is -0.462. The van der Waals surface area contributed by atoms with Crippen LogP contribution in [-0.2, 0) is 13.0 Å². The molecule has 0 bridgehead atoms. The number of rotatable bonds is 5. The Morgan fingerprint density at radius 3 is 2.80 bits per heavy atom. The van der Waals surface area contributed by atoms with Crippen LogP contribution in [0.4, 0.5) is 5.82 Å². The lowest BCUT2D eigenvalue weighted by Crippen LogP contribution is -2.15. The van der Waals surface area contributed by atoms with Crippen molar-refractivity contribution in [1.82, 2.24) is 15.0 Å². The van der Waals surface area contributed by atoms with E-state index in [1.54, 1.807) is 12.3 Å². The van der Waals surface area contributed by atoms with Crippen molar-refractivity contribution in [2.75, 3.05) is 11.9 Å². The number of hydrogen-bond donors (Lipinski definition) is 3. The van der Waals surface area contributed by atoms with E-state index in [1.165, 1.54) is 0 Å². The van der Waals surface area contributed by atoms with Gasteiger partial charge in [0.15, 0.2) is 17.4 Å². The van der Waals surface area contributed by atoms with E-state index in [-0.39, 0.29) is 0 Å². The molecule has 0 radical (unpaired) electrons. The highest BCUT2D eigenvalue weighted by Gasteiger charge is 2.22. The molecule has 0 fully saturated rings. The van der Waals surface area contributed by atoms with Crippen LogP contribution in [0.15, 0.2) is 54.7 Å². The number of carbonyl (C=O) groups is 1. The SMILES string of the molecule is NC(=O)c1cccc2c(-c3nc4c(c(NCc5ccccc5)n3)OCCC4)[nH]cc12. The highest BCUT2D eigenvalue weighted by molar-refractivity contribution is 6.09. The van der Waals surface area contributed by atoms with Gasteiger partial charge in [0.25, 0.3) is 0 Å². The van der Waals surface area contributed by atoms with Crippen LogP contribution in [0.5, 0.6) is 5.75 Å². The fraction of sp³-hybridized carbons (Fsp3) is 0.174. The third kappa shape index (κ3) is 3.24. The molecule has 4 N–H and O–H groups in total. The summed E-state index contributed by atoms with van der Waals surface area (Å²) in [4.78, 5) is 24.6. The van der Waals surface area contributed by atoms with Gasteiger partial charge in [-0.25, -0.2) is 9.97 Å². The maximum Gasteiger partial charge on any atom is 0.249 e. The van der Waals surface area contributed by atoms with Crippen LogP contribution in [0.2, 0.25) is 0 Å². The molecular weight excluding hydrogens is 378 g/mol. The number of ether oxygens (including phenoxy) is 1. The minimum Gasteiger partial charge on any atom is -0.488 e. The zero-order valence-electron chi connectivity index (χ0n) is 16.3. The molecule has 4 aromatic rings. The van der Waals surface area contributed by atoms with E-state index in [0.717, 1.165) is 46.3 Å². The molecule has 30 heavy (non-hydrogen) atoms. The number of amides is 1. The number of aryl methyl sites for hydroxylation is 1. The molecule has 2 aromatic carbocycles. The molecule has 7 heteroatoms. The summed E-state index contributed by atoms with van der Waals surface area (Å²) < 4.78 is 5.89. The number of hydrogen-bond acceptors (Lipinski definition) is 5. The van der Waals surface area contributed by atoms with Crippen molar-refractivity contribution in [3.05, 3.63) is 71.5 Å². The summed E-state index contributed by atoms with van der Waals surface area (Å²) in [7, 11) is 0. The molecule has 0 saturated heterocycles. The average Bonchev–Trinajstić information content (AvgIpc) is 3.22. The van der Waals surface area contributed by atoms with Gasteiger partial charge < -0.3 is 20.8 Å². The second kappa shape index (κ2) is 7.51. The van der Waals surface area contributed by atoms with Gasteiger partial charge in [-0.05, 0) is 24.5 Å². The molecule has 0 spiro atoms. The van der Waals surface area contributed by atoms with Gasteiger partial charge in [-0.1, -0.05) is 42.5 Å². The average molecular weight is 399 g/mol. The van der Waals surface area contributed by atoms with Crippen molar-refractivity contribution < 1.29 is 9.53 Å². The molecule has 7 nitrogen and oxygen atoms in total. The Hall–Kier alpha value is -3.87. The lowest BCUT2D eigenvalue weighted by molar-refractivity contribution is 0.100. The van der Waals surface area contributed by atoms with E-state index < -0.39 is 5.91 Å². The molecule has 150 valence electrons.